The van der Waals surface area contributed by atoms with Gasteiger partial charge >= 0.3 is 0 Å². The minimum Gasteiger partial charge on any atom is -0.456 e. The first-order valence-corrected chi connectivity index (χ1v) is 8.30. The monoisotopic (exact) mass is 361 g/mol. The molecule has 2 aromatic rings. The van der Waals surface area contributed by atoms with E-state index < -0.39 is 9.05 Å². The zero-order valence-electron chi connectivity index (χ0n) is 9.80. The molecule has 0 amide bonds. The molecule has 0 atom stereocenters. The van der Waals surface area contributed by atoms with E-state index in [4.69, 9.17) is 15.4 Å². The Morgan fingerprint density at radius 3 is 2.53 bits per heavy atom. The van der Waals surface area contributed by atoms with Crippen molar-refractivity contribution in [1.82, 2.24) is 4.98 Å². The lowest BCUT2D eigenvalue weighted by atomic mass is 10.2. The van der Waals surface area contributed by atoms with Crippen LogP contribution >= 0.6 is 26.6 Å². The highest BCUT2D eigenvalue weighted by molar-refractivity contribution is 9.10. The van der Waals surface area contributed by atoms with Crippen molar-refractivity contribution in [3.63, 3.8) is 0 Å². The van der Waals surface area contributed by atoms with Crippen molar-refractivity contribution in [3.8, 4) is 11.5 Å². The lowest BCUT2D eigenvalue weighted by Crippen LogP contribution is -1.95. The fourth-order valence-electron chi connectivity index (χ4n) is 1.54. The Balaban J connectivity index is 2.31. The van der Waals surface area contributed by atoms with Crippen LogP contribution in [-0.2, 0) is 9.05 Å². The van der Waals surface area contributed by atoms with Crippen LogP contribution in [0.5, 0.6) is 11.5 Å². The van der Waals surface area contributed by atoms with Gasteiger partial charge in [0.25, 0.3) is 9.05 Å². The van der Waals surface area contributed by atoms with Gasteiger partial charge in [0.2, 0.25) is 0 Å². The van der Waals surface area contributed by atoms with Crippen molar-refractivity contribution in [2.75, 3.05) is 0 Å². The van der Waals surface area contributed by atoms with Crippen LogP contribution in [0.25, 0.3) is 0 Å². The molecule has 0 aliphatic carbocycles. The molecule has 2 rings (SSSR count). The molecule has 0 aliphatic heterocycles. The second-order valence-electron chi connectivity index (χ2n) is 3.81. The highest BCUT2D eigenvalue weighted by Gasteiger charge is 2.13. The van der Waals surface area contributed by atoms with Gasteiger partial charge < -0.3 is 4.74 Å². The number of hydrogen-bond donors (Lipinski definition) is 0. The van der Waals surface area contributed by atoms with Crippen LogP contribution in [0.1, 0.15) is 5.56 Å². The predicted octanol–water partition coefficient (Wildman–Crippen LogP) is 3.87. The van der Waals surface area contributed by atoms with Gasteiger partial charge in [-0.25, -0.2) is 8.42 Å². The first kappa shape index (κ1) is 14.3. The molecule has 7 heteroatoms. The Morgan fingerprint density at radius 1 is 1.21 bits per heavy atom. The number of pyridine rings is 1. The van der Waals surface area contributed by atoms with Crippen molar-refractivity contribution >= 4 is 35.7 Å². The van der Waals surface area contributed by atoms with E-state index in [1.165, 1.54) is 6.07 Å². The smallest absolute Gasteiger partial charge is 0.261 e. The van der Waals surface area contributed by atoms with E-state index in [2.05, 4.69) is 20.9 Å². The number of rotatable bonds is 3. The molecule has 0 fully saturated rings. The second kappa shape index (κ2) is 5.48. The van der Waals surface area contributed by atoms with Gasteiger partial charge in [0.1, 0.15) is 11.5 Å². The fourth-order valence-corrected chi connectivity index (χ4v) is 3.08. The molecule has 0 spiro atoms. The summed E-state index contributed by atoms with van der Waals surface area (Å²) in [5.41, 5.74) is 0.524. The van der Waals surface area contributed by atoms with Crippen molar-refractivity contribution in [3.05, 3.63) is 46.7 Å². The van der Waals surface area contributed by atoms with E-state index in [0.29, 0.717) is 17.1 Å². The minimum absolute atomic E-state index is 0.0777. The van der Waals surface area contributed by atoms with Crippen LogP contribution in [0.2, 0.25) is 0 Å². The Labute approximate surface area is 123 Å². The summed E-state index contributed by atoms with van der Waals surface area (Å²) in [6, 6.07) is 6.33. The van der Waals surface area contributed by atoms with Crippen LogP contribution in [0.15, 0.2) is 46.0 Å². The standard InChI is InChI=1S/C12H9BrClNO3S/c1-8-4-10(2-3-12(8)19(14,16)17)18-11-5-9(13)6-15-7-11/h2-7H,1H3. The molecule has 0 aliphatic rings. The zero-order chi connectivity index (χ0) is 14.0. The summed E-state index contributed by atoms with van der Waals surface area (Å²) < 4.78 is 28.9. The van der Waals surface area contributed by atoms with Crippen molar-refractivity contribution in [1.29, 1.82) is 0 Å². The summed E-state index contributed by atoms with van der Waals surface area (Å²) >= 11 is 3.29. The van der Waals surface area contributed by atoms with Gasteiger partial charge in [0.15, 0.2) is 0 Å². The Bertz CT molecular complexity index is 719. The third kappa shape index (κ3) is 3.68. The Kier molecular flexibility index (Phi) is 4.13. The average molecular weight is 363 g/mol. The third-order valence-corrected chi connectivity index (χ3v) is 4.24. The number of hydrogen-bond acceptors (Lipinski definition) is 4. The van der Waals surface area contributed by atoms with Gasteiger partial charge in [-0.3, -0.25) is 4.98 Å². The number of nitrogens with zero attached hydrogens (tertiary/aromatic N) is 1. The SMILES string of the molecule is Cc1cc(Oc2cncc(Br)c2)ccc1S(=O)(=O)Cl. The average Bonchev–Trinajstić information content (AvgIpc) is 2.27. The Hall–Kier alpha value is -1.11. The fraction of sp³-hybridized carbons (Fsp3) is 0.0833. The molecule has 19 heavy (non-hydrogen) atoms. The topological polar surface area (TPSA) is 56.3 Å². The van der Waals surface area contributed by atoms with Crippen LogP contribution in [0.3, 0.4) is 0 Å². The molecule has 0 unspecified atom stereocenters. The first-order valence-electron chi connectivity index (χ1n) is 5.20. The van der Waals surface area contributed by atoms with Crippen molar-refractivity contribution in [2.24, 2.45) is 0 Å². The molecule has 100 valence electrons. The Morgan fingerprint density at radius 2 is 1.95 bits per heavy atom. The number of ether oxygens (including phenoxy) is 1. The van der Waals surface area contributed by atoms with Crippen molar-refractivity contribution in [2.45, 2.75) is 11.8 Å². The molecule has 0 N–H and O–H groups in total. The third-order valence-electron chi connectivity index (χ3n) is 2.32. The molecule has 0 saturated heterocycles. The lowest BCUT2D eigenvalue weighted by Gasteiger charge is -2.08. The van der Waals surface area contributed by atoms with Gasteiger partial charge in [-0.1, -0.05) is 0 Å². The molecular weight excluding hydrogens is 354 g/mol. The quantitative estimate of drug-likeness (QED) is 0.778. The largest absolute Gasteiger partial charge is 0.456 e. The molecule has 0 bridgehead atoms. The summed E-state index contributed by atoms with van der Waals surface area (Å²) in [7, 11) is 1.58. The van der Waals surface area contributed by atoms with Gasteiger partial charge in [0, 0.05) is 21.4 Å². The second-order valence-corrected chi connectivity index (χ2v) is 7.26. The minimum atomic E-state index is -3.73. The van der Waals surface area contributed by atoms with E-state index in [1.807, 2.05) is 0 Å². The summed E-state index contributed by atoms with van der Waals surface area (Å²) in [6.45, 7) is 1.65. The van der Waals surface area contributed by atoms with Crippen LogP contribution in [-0.4, -0.2) is 13.4 Å². The van der Waals surface area contributed by atoms with E-state index >= 15 is 0 Å². The van der Waals surface area contributed by atoms with Crippen molar-refractivity contribution < 1.29 is 13.2 Å². The molecule has 0 radical (unpaired) electrons. The number of benzene rings is 1. The lowest BCUT2D eigenvalue weighted by molar-refractivity contribution is 0.479. The highest BCUT2D eigenvalue weighted by Crippen LogP contribution is 2.28. The van der Waals surface area contributed by atoms with E-state index in [9.17, 15) is 8.42 Å². The maximum absolute atomic E-state index is 11.3. The summed E-state index contributed by atoms with van der Waals surface area (Å²) in [4.78, 5) is 4.05. The molecular formula is C12H9BrClNO3S. The summed E-state index contributed by atoms with van der Waals surface area (Å²) in [5.74, 6) is 1.07. The number of aromatic nitrogens is 1. The highest BCUT2D eigenvalue weighted by atomic mass is 79.9. The maximum atomic E-state index is 11.3. The molecule has 4 nitrogen and oxygen atoms in total. The summed E-state index contributed by atoms with van der Waals surface area (Å²) in [5, 5.41) is 0. The molecule has 0 saturated carbocycles. The summed E-state index contributed by atoms with van der Waals surface area (Å²) in [6.07, 6.45) is 3.20. The predicted molar refractivity (Wildman–Crippen MR) is 76.2 cm³/mol. The number of aryl methyl sites for hydroxylation is 1. The van der Waals surface area contributed by atoms with Gasteiger partial charge in [-0.05, 0) is 52.7 Å². The van der Waals surface area contributed by atoms with E-state index in [-0.39, 0.29) is 4.90 Å². The molecule has 1 heterocycles. The van der Waals surface area contributed by atoms with Crippen LogP contribution < -0.4 is 4.74 Å². The van der Waals surface area contributed by atoms with E-state index in [0.717, 1.165) is 4.47 Å². The number of halogens is 2. The van der Waals surface area contributed by atoms with Crippen LogP contribution in [0.4, 0.5) is 0 Å². The van der Waals surface area contributed by atoms with Crippen LogP contribution in [0, 0.1) is 6.92 Å². The maximum Gasteiger partial charge on any atom is 0.261 e. The van der Waals surface area contributed by atoms with Gasteiger partial charge in [0.05, 0.1) is 11.1 Å². The molecule has 1 aromatic heterocycles. The van der Waals surface area contributed by atoms with Gasteiger partial charge in [-0.2, -0.15) is 0 Å². The molecule has 1 aromatic carbocycles. The normalized spacial score (nSPS) is 11.3. The zero-order valence-corrected chi connectivity index (χ0v) is 13.0. The first-order chi connectivity index (χ1) is 8.86. The van der Waals surface area contributed by atoms with Gasteiger partial charge in [-0.15, -0.1) is 0 Å². The van der Waals surface area contributed by atoms with E-state index in [1.54, 1.807) is 37.5 Å².